The normalized spacial score (nSPS) is 13.9. The van der Waals surface area contributed by atoms with Gasteiger partial charge in [0.2, 0.25) is 0 Å². The fraction of sp³-hybridized carbons (Fsp3) is 0.240. The monoisotopic (exact) mass is 456 g/mol. The van der Waals surface area contributed by atoms with Crippen LogP contribution in [0.25, 0.3) is 22.2 Å². The van der Waals surface area contributed by atoms with Crippen LogP contribution in [0.2, 0.25) is 0 Å². The highest BCUT2D eigenvalue weighted by Crippen LogP contribution is 2.26. The highest BCUT2D eigenvalue weighted by Gasteiger charge is 2.26. The lowest BCUT2D eigenvalue weighted by molar-refractivity contribution is 0.0748. The summed E-state index contributed by atoms with van der Waals surface area (Å²) in [6.07, 6.45) is 3.41. The van der Waals surface area contributed by atoms with Crippen LogP contribution in [0.3, 0.4) is 0 Å². The summed E-state index contributed by atoms with van der Waals surface area (Å²) in [6.45, 7) is 1.99. The number of amides is 1. The van der Waals surface area contributed by atoms with Crippen molar-refractivity contribution >= 4 is 22.6 Å². The van der Waals surface area contributed by atoms with Gasteiger partial charge in [-0.25, -0.2) is 9.78 Å². The molecule has 0 atom stereocenters. The van der Waals surface area contributed by atoms with E-state index in [1.165, 1.54) is 17.7 Å². The fourth-order valence-corrected chi connectivity index (χ4v) is 4.36. The SMILES string of the molecule is Cn1c(N2CCN(C(=O)c3cc(-c4ccncc4)nc4ccccc34)CC2)cc(=O)n(C)c1=O. The maximum Gasteiger partial charge on any atom is 0.332 e. The summed E-state index contributed by atoms with van der Waals surface area (Å²) in [5.74, 6) is 0.501. The molecule has 9 nitrogen and oxygen atoms in total. The van der Waals surface area contributed by atoms with Crippen LogP contribution in [0.1, 0.15) is 10.4 Å². The number of nitrogens with zero attached hydrogens (tertiary/aromatic N) is 6. The molecule has 1 fully saturated rings. The molecule has 4 aromatic rings. The van der Waals surface area contributed by atoms with Gasteiger partial charge in [0.25, 0.3) is 11.5 Å². The van der Waals surface area contributed by atoms with Crippen LogP contribution in [-0.4, -0.2) is 56.1 Å². The zero-order valence-electron chi connectivity index (χ0n) is 19.0. The first-order valence-corrected chi connectivity index (χ1v) is 11.1. The third kappa shape index (κ3) is 3.75. The number of pyridine rings is 2. The van der Waals surface area contributed by atoms with Gasteiger partial charge in [0.05, 0.1) is 16.8 Å². The van der Waals surface area contributed by atoms with E-state index in [1.54, 1.807) is 19.4 Å². The van der Waals surface area contributed by atoms with Gasteiger partial charge >= 0.3 is 5.69 Å². The first kappa shape index (κ1) is 21.6. The number of piperazine rings is 1. The van der Waals surface area contributed by atoms with Crippen molar-refractivity contribution < 1.29 is 4.79 Å². The summed E-state index contributed by atoms with van der Waals surface area (Å²) in [5, 5.41) is 0.807. The molecule has 0 N–H and O–H groups in total. The number of hydrogen-bond donors (Lipinski definition) is 0. The summed E-state index contributed by atoms with van der Waals surface area (Å²) in [6, 6.07) is 14.7. The zero-order chi connectivity index (χ0) is 23.8. The molecule has 1 saturated heterocycles. The van der Waals surface area contributed by atoms with Crippen molar-refractivity contribution in [2.45, 2.75) is 0 Å². The number of carbonyl (C=O) groups is 1. The highest BCUT2D eigenvalue weighted by atomic mass is 16.2. The Hall–Kier alpha value is -4.27. The van der Waals surface area contributed by atoms with E-state index in [1.807, 2.05) is 52.3 Å². The second kappa shape index (κ2) is 8.58. The van der Waals surface area contributed by atoms with Crippen molar-refractivity contribution in [1.29, 1.82) is 0 Å². The van der Waals surface area contributed by atoms with Gasteiger partial charge in [0, 0.05) is 69.7 Å². The van der Waals surface area contributed by atoms with Crippen molar-refractivity contribution in [3.63, 3.8) is 0 Å². The molecule has 0 aliphatic carbocycles. The Bertz CT molecular complexity index is 1500. The van der Waals surface area contributed by atoms with Gasteiger partial charge in [-0.1, -0.05) is 18.2 Å². The van der Waals surface area contributed by atoms with Crippen molar-refractivity contribution in [1.82, 2.24) is 24.0 Å². The van der Waals surface area contributed by atoms with Crippen LogP contribution in [0, 0.1) is 0 Å². The number of anilines is 1. The summed E-state index contributed by atoms with van der Waals surface area (Å²) in [5.41, 5.74) is 2.27. The third-order valence-electron chi connectivity index (χ3n) is 6.31. The van der Waals surface area contributed by atoms with E-state index in [9.17, 15) is 14.4 Å². The molecular formula is C25H24N6O3. The van der Waals surface area contributed by atoms with Crippen LogP contribution in [0.15, 0.2) is 70.5 Å². The minimum atomic E-state index is -0.368. The molecule has 1 amide bonds. The Morgan fingerprint density at radius 1 is 0.882 bits per heavy atom. The largest absolute Gasteiger partial charge is 0.354 e. The van der Waals surface area contributed by atoms with Gasteiger partial charge in [-0.2, -0.15) is 0 Å². The Morgan fingerprint density at radius 3 is 2.32 bits per heavy atom. The molecule has 0 unspecified atom stereocenters. The molecule has 34 heavy (non-hydrogen) atoms. The van der Waals surface area contributed by atoms with E-state index in [0.29, 0.717) is 37.6 Å². The molecule has 1 aliphatic rings. The molecule has 5 rings (SSSR count). The lowest BCUT2D eigenvalue weighted by atomic mass is 10.0. The van der Waals surface area contributed by atoms with Gasteiger partial charge in [-0.3, -0.25) is 23.7 Å². The first-order chi connectivity index (χ1) is 16.4. The molecular weight excluding hydrogens is 432 g/mol. The average molecular weight is 457 g/mol. The van der Waals surface area contributed by atoms with E-state index in [0.717, 1.165) is 26.7 Å². The van der Waals surface area contributed by atoms with Crippen LogP contribution < -0.4 is 16.1 Å². The van der Waals surface area contributed by atoms with Gasteiger partial charge in [0.15, 0.2) is 0 Å². The van der Waals surface area contributed by atoms with E-state index in [2.05, 4.69) is 4.98 Å². The number of benzene rings is 1. The van der Waals surface area contributed by atoms with Crippen LogP contribution in [0.5, 0.6) is 0 Å². The quantitative estimate of drug-likeness (QED) is 0.466. The van der Waals surface area contributed by atoms with E-state index in [4.69, 9.17) is 4.98 Å². The standard InChI is InChI=1S/C25H24N6O3/c1-28-22(16-23(32)29(2)25(28)34)30-11-13-31(14-12-30)24(33)19-15-21(17-7-9-26-10-8-17)27-20-6-4-3-5-18(19)20/h3-10,15-16H,11-14H2,1-2H3. The van der Waals surface area contributed by atoms with E-state index < -0.39 is 0 Å². The molecule has 172 valence electrons. The lowest BCUT2D eigenvalue weighted by Crippen LogP contribution is -2.51. The van der Waals surface area contributed by atoms with Crippen LogP contribution in [-0.2, 0) is 14.1 Å². The highest BCUT2D eigenvalue weighted by molar-refractivity contribution is 6.07. The minimum Gasteiger partial charge on any atom is -0.354 e. The summed E-state index contributed by atoms with van der Waals surface area (Å²) in [7, 11) is 3.11. The van der Waals surface area contributed by atoms with Crippen LogP contribution in [0.4, 0.5) is 5.82 Å². The van der Waals surface area contributed by atoms with Crippen molar-refractivity contribution in [3.05, 3.63) is 87.3 Å². The lowest BCUT2D eigenvalue weighted by Gasteiger charge is -2.36. The molecule has 0 bridgehead atoms. The predicted molar refractivity (Wildman–Crippen MR) is 130 cm³/mol. The Kier molecular flexibility index (Phi) is 5.45. The van der Waals surface area contributed by atoms with Gasteiger partial charge in [0.1, 0.15) is 5.82 Å². The zero-order valence-corrected chi connectivity index (χ0v) is 19.0. The molecule has 1 aliphatic heterocycles. The predicted octanol–water partition coefficient (Wildman–Crippen LogP) is 1.66. The summed E-state index contributed by atoms with van der Waals surface area (Å²) in [4.78, 5) is 50.7. The van der Waals surface area contributed by atoms with E-state index in [-0.39, 0.29) is 17.2 Å². The number of hydrogen-bond acceptors (Lipinski definition) is 6. The molecule has 9 heteroatoms. The van der Waals surface area contributed by atoms with Crippen molar-refractivity contribution in [3.8, 4) is 11.3 Å². The van der Waals surface area contributed by atoms with Gasteiger partial charge in [-0.15, -0.1) is 0 Å². The smallest absolute Gasteiger partial charge is 0.332 e. The van der Waals surface area contributed by atoms with Crippen LogP contribution >= 0.6 is 0 Å². The number of rotatable bonds is 3. The fourth-order valence-electron chi connectivity index (χ4n) is 4.36. The first-order valence-electron chi connectivity index (χ1n) is 11.1. The second-order valence-electron chi connectivity index (χ2n) is 8.33. The molecule has 1 aromatic carbocycles. The Balaban J connectivity index is 1.44. The number of aromatic nitrogens is 4. The Morgan fingerprint density at radius 2 is 1.59 bits per heavy atom. The third-order valence-corrected chi connectivity index (χ3v) is 6.31. The molecule has 3 aromatic heterocycles. The second-order valence-corrected chi connectivity index (χ2v) is 8.33. The summed E-state index contributed by atoms with van der Waals surface area (Å²) >= 11 is 0. The molecule has 0 saturated carbocycles. The average Bonchev–Trinajstić information content (AvgIpc) is 2.89. The maximum absolute atomic E-state index is 13.6. The van der Waals surface area contributed by atoms with Gasteiger partial charge in [-0.05, 0) is 24.3 Å². The number of fused-ring (bicyclic) bond motifs is 1. The Labute approximate surface area is 195 Å². The number of carbonyl (C=O) groups excluding carboxylic acids is 1. The topological polar surface area (TPSA) is 93.3 Å². The number of para-hydroxylation sites is 1. The van der Waals surface area contributed by atoms with E-state index >= 15 is 0 Å². The van der Waals surface area contributed by atoms with Crippen molar-refractivity contribution in [2.24, 2.45) is 14.1 Å². The van der Waals surface area contributed by atoms with Gasteiger partial charge < -0.3 is 9.80 Å². The molecule has 4 heterocycles. The summed E-state index contributed by atoms with van der Waals surface area (Å²) < 4.78 is 2.55. The maximum atomic E-state index is 13.6. The molecule has 0 radical (unpaired) electrons. The molecule has 0 spiro atoms. The minimum absolute atomic E-state index is 0.0635. The van der Waals surface area contributed by atoms with Crippen molar-refractivity contribution in [2.75, 3.05) is 31.1 Å².